The van der Waals surface area contributed by atoms with Crippen molar-refractivity contribution in [3.8, 4) is 0 Å². The molecule has 0 radical (unpaired) electrons. The highest BCUT2D eigenvalue weighted by Gasteiger charge is 2.13. The topological polar surface area (TPSA) is 42.7 Å². The predicted octanol–water partition coefficient (Wildman–Crippen LogP) is 2.20. The van der Waals surface area contributed by atoms with Crippen LogP contribution in [0.1, 0.15) is 24.7 Å². The Morgan fingerprint density at radius 2 is 2.20 bits per heavy atom. The molecule has 0 aliphatic carbocycles. The zero-order valence-corrected chi connectivity index (χ0v) is 12.0. The zero-order chi connectivity index (χ0) is 14.4. The number of likely N-dealkylation sites (N-methyl/N-ethyl adjacent to an activating group) is 1. The summed E-state index contributed by atoms with van der Waals surface area (Å²) in [6, 6.07) is 6.97. The summed E-state index contributed by atoms with van der Waals surface area (Å²) in [5.41, 5.74) is 0.992. The van der Waals surface area contributed by atoms with Crippen molar-refractivity contribution in [2.75, 3.05) is 7.05 Å². The van der Waals surface area contributed by atoms with E-state index in [1.807, 2.05) is 17.8 Å². The molecule has 2 rings (SSSR count). The fraction of sp³-hybridized carbons (Fsp3) is 0.467. The Morgan fingerprint density at radius 3 is 2.90 bits per heavy atom. The highest BCUT2D eigenvalue weighted by molar-refractivity contribution is 5.17. The fourth-order valence-electron chi connectivity index (χ4n) is 2.29. The largest absolute Gasteiger partial charge is 0.316 e. The lowest BCUT2D eigenvalue weighted by Crippen LogP contribution is -2.31. The minimum absolute atomic E-state index is 0.188. The zero-order valence-electron chi connectivity index (χ0n) is 12.0. The Morgan fingerprint density at radius 1 is 1.35 bits per heavy atom. The van der Waals surface area contributed by atoms with Gasteiger partial charge in [0.15, 0.2) is 0 Å². The second-order valence-electron chi connectivity index (χ2n) is 4.92. The molecule has 0 aliphatic rings. The number of nitrogens with one attached hydrogen (secondary N) is 1. The Bertz CT molecular complexity index is 538. The lowest BCUT2D eigenvalue weighted by molar-refractivity contribution is 0.500. The molecule has 1 unspecified atom stereocenters. The Kier molecular flexibility index (Phi) is 5.24. The molecule has 1 aromatic heterocycles. The van der Waals surface area contributed by atoms with Gasteiger partial charge in [-0.05, 0) is 37.6 Å². The van der Waals surface area contributed by atoms with E-state index in [9.17, 15) is 4.39 Å². The molecule has 1 N–H and O–H groups in total. The fourth-order valence-corrected chi connectivity index (χ4v) is 2.29. The van der Waals surface area contributed by atoms with E-state index in [2.05, 4.69) is 22.3 Å². The monoisotopic (exact) mass is 276 g/mol. The van der Waals surface area contributed by atoms with E-state index < -0.39 is 0 Å². The number of nitrogens with zero attached hydrogens (tertiary/aromatic N) is 3. The van der Waals surface area contributed by atoms with Gasteiger partial charge in [-0.25, -0.2) is 9.37 Å². The molecule has 0 spiro atoms. The normalized spacial score (nSPS) is 12.6. The summed E-state index contributed by atoms with van der Waals surface area (Å²) >= 11 is 0. The first kappa shape index (κ1) is 14.7. The van der Waals surface area contributed by atoms with Crippen LogP contribution in [0, 0.1) is 5.82 Å². The van der Waals surface area contributed by atoms with Crippen molar-refractivity contribution in [1.82, 2.24) is 20.1 Å². The first-order chi connectivity index (χ1) is 9.72. The number of hydrogen-bond acceptors (Lipinski definition) is 3. The van der Waals surface area contributed by atoms with Crippen LogP contribution in [0.25, 0.3) is 0 Å². The van der Waals surface area contributed by atoms with Gasteiger partial charge < -0.3 is 5.32 Å². The molecule has 5 heteroatoms. The summed E-state index contributed by atoms with van der Waals surface area (Å²) in [5, 5.41) is 7.51. The van der Waals surface area contributed by atoms with Crippen molar-refractivity contribution < 1.29 is 4.39 Å². The second-order valence-corrected chi connectivity index (χ2v) is 4.92. The standard InChI is InChI=1S/C15H21FN4/c1-3-7-20-15(18-11-19-20)10-14(17-2)9-12-5-4-6-13(16)8-12/h4-6,8,11,14,17H,3,7,9-10H2,1-2H3. The van der Waals surface area contributed by atoms with Gasteiger partial charge in [0.1, 0.15) is 18.0 Å². The lowest BCUT2D eigenvalue weighted by atomic mass is 10.0. The Balaban J connectivity index is 2.03. The van der Waals surface area contributed by atoms with E-state index in [0.29, 0.717) is 0 Å². The van der Waals surface area contributed by atoms with E-state index in [1.165, 1.54) is 6.07 Å². The predicted molar refractivity (Wildman–Crippen MR) is 77.0 cm³/mol. The number of hydrogen-bond donors (Lipinski definition) is 1. The molecular formula is C15H21FN4. The summed E-state index contributed by atoms with van der Waals surface area (Å²) in [6.45, 7) is 3.00. The van der Waals surface area contributed by atoms with Crippen molar-refractivity contribution in [3.63, 3.8) is 0 Å². The van der Waals surface area contributed by atoms with Gasteiger partial charge in [0.05, 0.1) is 0 Å². The third-order valence-electron chi connectivity index (χ3n) is 3.34. The van der Waals surface area contributed by atoms with Crippen LogP contribution in [-0.4, -0.2) is 27.9 Å². The van der Waals surface area contributed by atoms with Gasteiger partial charge in [0.25, 0.3) is 0 Å². The summed E-state index contributed by atoms with van der Waals surface area (Å²) in [7, 11) is 1.92. The number of benzene rings is 1. The number of aromatic nitrogens is 3. The van der Waals surface area contributed by atoms with Crippen LogP contribution < -0.4 is 5.32 Å². The summed E-state index contributed by atoms with van der Waals surface area (Å²) in [4.78, 5) is 4.32. The van der Waals surface area contributed by atoms with E-state index >= 15 is 0 Å². The minimum atomic E-state index is -0.188. The van der Waals surface area contributed by atoms with Gasteiger partial charge >= 0.3 is 0 Å². The third kappa shape index (κ3) is 3.87. The highest BCUT2D eigenvalue weighted by atomic mass is 19.1. The lowest BCUT2D eigenvalue weighted by Gasteiger charge is -2.16. The summed E-state index contributed by atoms with van der Waals surface area (Å²) in [5.74, 6) is 0.786. The second kappa shape index (κ2) is 7.14. The van der Waals surface area contributed by atoms with Gasteiger partial charge in [-0.2, -0.15) is 5.10 Å². The van der Waals surface area contributed by atoms with Crippen LogP contribution in [-0.2, 0) is 19.4 Å². The number of rotatable bonds is 7. The first-order valence-electron chi connectivity index (χ1n) is 7.01. The van der Waals surface area contributed by atoms with Crippen molar-refractivity contribution in [1.29, 1.82) is 0 Å². The van der Waals surface area contributed by atoms with Crippen LogP contribution in [0.5, 0.6) is 0 Å². The number of halogens is 1. The average molecular weight is 276 g/mol. The van der Waals surface area contributed by atoms with Gasteiger partial charge in [-0.1, -0.05) is 19.1 Å². The summed E-state index contributed by atoms with van der Waals surface area (Å²) in [6.07, 6.45) is 4.19. The first-order valence-corrected chi connectivity index (χ1v) is 7.01. The molecule has 0 amide bonds. The smallest absolute Gasteiger partial charge is 0.138 e. The van der Waals surface area contributed by atoms with Crippen LogP contribution in [0.2, 0.25) is 0 Å². The van der Waals surface area contributed by atoms with E-state index in [0.717, 1.165) is 37.2 Å². The minimum Gasteiger partial charge on any atom is -0.316 e. The summed E-state index contributed by atoms with van der Waals surface area (Å²) < 4.78 is 15.2. The molecule has 0 saturated heterocycles. The SMILES string of the molecule is CCCn1ncnc1CC(Cc1cccc(F)c1)NC. The molecule has 0 fully saturated rings. The quantitative estimate of drug-likeness (QED) is 0.843. The van der Waals surface area contributed by atoms with Crippen LogP contribution in [0.4, 0.5) is 4.39 Å². The molecule has 1 aromatic carbocycles. The molecule has 1 heterocycles. The highest BCUT2D eigenvalue weighted by Crippen LogP contribution is 2.09. The molecule has 20 heavy (non-hydrogen) atoms. The molecule has 2 aromatic rings. The maximum atomic E-state index is 13.2. The molecule has 4 nitrogen and oxygen atoms in total. The van der Waals surface area contributed by atoms with Gasteiger partial charge in [-0.3, -0.25) is 4.68 Å². The van der Waals surface area contributed by atoms with E-state index in [4.69, 9.17) is 0 Å². The Hall–Kier alpha value is -1.75. The maximum absolute atomic E-state index is 13.2. The van der Waals surface area contributed by atoms with Gasteiger partial charge in [0.2, 0.25) is 0 Å². The number of aryl methyl sites for hydroxylation is 1. The van der Waals surface area contributed by atoms with Gasteiger partial charge in [0, 0.05) is 19.0 Å². The molecule has 0 saturated carbocycles. The van der Waals surface area contributed by atoms with E-state index in [1.54, 1.807) is 18.5 Å². The van der Waals surface area contributed by atoms with Crippen molar-refractivity contribution in [2.24, 2.45) is 0 Å². The molecule has 108 valence electrons. The maximum Gasteiger partial charge on any atom is 0.138 e. The van der Waals surface area contributed by atoms with E-state index in [-0.39, 0.29) is 11.9 Å². The molecular weight excluding hydrogens is 255 g/mol. The molecule has 0 aliphatic heterocycles. The van der Waals surface area contributed by atoms with Crippen molar-refractivity contribution >= 4 is 0 Å². The van der Waals surface area contributed by atoms with Crippen LogP contribution >= 0.6 is 0 Å². The molecule has 0 bridgehead atoms. The van der Waals surface area contributed by atoms with Crippen LogP contribution in [0.3, 0.4) is 0 Å². The van der Waals surface area contributed by atoms with Gasteiger partial charge in [-0.15, -0.1) is 0 Å². The third-order valence-corrected chi connectivity index (χ3v) is 3.34. The average Bonchev–Trinajstić information content (AvgIpc) is 2.86. The van der Waals surface area contributed by atoms with Crippen molar-refractivity contribution in [3.05, 3.63) is 47.8 Å². The Labute approximate surface area is 119 Å². The van der Waals surface area contributed by atoms with Crippen molar-refractivity contribution in [2.45, 2.75) is 38.8 Å². The molecule has 1 atom stereocenters. The van der Waals surface area contributed by atoms with Crippen LogP contribution in [0.15, 0.2) is 30.6 Å².